The lowest BCUT2D eigenvalue weighted by molar-refractivity contribution is -0.157. The Morgan fingerprint density at radius 3 is 2.45 bits per heavy atom. The van der Waals surface area contributed by atoms with E-state index in [0.717, 1.165) is 25.9 Å². The lowest BCUT2D eigenvalue weighted by Gasteiger charge is -2.48. The number of rotatable bonds is 9. The highest BCUT2D eigenvalue weighted by molar-refractivity contribution is 4.95. The first-order valence-electron chi connectivity index (χ1n) is 9.08. The van der Waals surface area contributed by atoms with Gasteiger partial charge in [0.1, 0.15) is 0 Å². The summed E-state index contributed by atoms with van der Waals surface area (Å²) in [5.41, 5.74) is 0.185. The first-order chi connectivity index (χ1) is 9.76. The maximum atomic E-state index is 10.4. The summed E-state index contributed by atoms with van der Waals surface area (Å²) in [6.45, 7) is 3.14. The van der Waals surface area contributed by atoms with E-state index in [0.29, 0.717) is 5.92 Å². The summed E-state index contributed by atoms with van der Waals surface area (Å²) in [7, 11) is 0. The Balaban J connectivity index is 1.54. The molecule has 2 nitrogen and oxygen atoms in total. The normalized spacial score (nSPS) is 26.4. The van der Waals surface area contributed by atoms with Crippen LogP contribution in [0.1, 0.15) is 90.4 Å². The number of hydrogen-bond acceptors (Lipinski definition) is 2. The van der Waals surface area contributed by atoms with E-state index >= 15 is 0 Å². The van der Waals surface area contributed by atoms with Gasteiger partial charge in [0.25, 0.3) is 0 Å². The quantitative estimate of drug-likeness (QED) is 0.613. The number of hydrogen-bond donors (Lipinski definition) is 1. The minimum absolute atomic E-state index is 0.0768. The minimum atomic E-state index is -0.0768. The highest BCUT2D eigenvalue weighted by Crippen LogP contribution is 2.45. The van der Waals surface area contributed by atoms with Gasteiger partial charge in [-0.05, 0) is 44.4 Å². The average Bonchev–Trinajstić information content (AvgIpc) is 2.44. The van der Waals surface area contributed by atoms with Gasteiger partial charge in [-0.25, -0.2) is 0 Å². The monoisotopic (exact) mass is 282 g/mol. The van der Waals surface area contributed by atoms with E-state index < -0.39 is 0 Å². The zero-order chi connectivity index (χ0) is 14.3. The van der Waals surface area contributed by atoms with Crippen molar-refractivity contribution >= 4 is 0 Å². The lowest BCUT2D eigenvalue weighted by atomic mass is 9.70. The molecule has 0 aromatic rings. The molecule has 2 rings (SSSR count). The molecule has 0 radical (unpaired) electrons. The second kappa shape index (κ2) is 8.38. The van der Waals surface area contributed by atoms with Crippen LogP contribution < -0.4 is 0 Å². The summed E-state index contributed by atoms with van der Waals surface area (Å²) in [5, 5.41) is 10.4. The first-order valence-corrected chi connectivity index (χ1v) is 9.08. The van der Waals surface area contributed by atoms with Crippen LogP contribution in [0.15, 0.2) is 0 Å². The zero-order valence-electron chi connectivity index (χ0n) is 13.4. The summed E-state index contributed by atoms with van der Waals surface area (Å²) in [6.07, 6.45) is 16.2. The predicted octanol–water partition coefficient (Wildman–Crippen LogP) is 4.84. The molecule has 2 heteroatoms. The van der Waals surface area contributed by atoms with Crippen LogP contribution in [0.5, 0.6) is 0 Å². The van der Waals surface area contributed by atoms with Crippen molar-refractivity contribution in [1.29, 1.82) is 0 Å². The van der Waals surface area contributed by atoms with Crippen molar-refractivity contribution in [2.45, 2.75) is 102 Å². The van der Waals surface area contributed by atoms with Crippen LogP contribution in [0, 0.1) is 5.92 Å². The Morgan fingerprint density at radius 1 is 1.10 bits per heavy atom. The zero-order valence-corrected chi connectivity index (χ0v) is 13.4. The van der Waals surface area contributed by atoms with Crippen LogP contribution >= 0.6 is 0 Å². The van der Waals surface area contributed by atoms with Crippen LogP contribution in [-0.4, -0.2) is 23.4 Å². The molecule has 1 heterocycles. The standard InChI is InChI=1S/C18H34O2/c1-2-3-4-5-6-7-8-10-17(19)16-11-14-20-18(15-16)12-9-13-18/h16-17,19H,2-15H2,1H3. The van der Waals surface area contributed by atoms with E-state index in [1.54, 1.807) is 0 Å². The molecule has 1 N–H and O–H groups in total. The third-order valence-electron chi connectivity index (χ3n) is 5.44. The van der Waals surface area contributed by atoms with Crippen LogP contribution in [0.4, 0.5) is 0 Å². The van der Waals surface area contributed by atoms with Crippen LogP contribution in [-0.2, 0) is 4.74 Å². The Kier molecular flexibility index (Phi) is 6.83. The predicted molar refractivity (Wildman–Crippen MR) is 83.9 cm³/mol. The molecule has 2 fully saturated rings. The molecule has 1 saturated carbocycles. The number of ether oxygens (including phenoxy) is 1. The Bertz CT molecular complexity index is 260. The van der Waals surface area contributed by atoms with Crippen molar-refractivity contribution < 1.29 is 9.84 Å². The van der Waals surface area contributed by atoms with Crippen molar-refractivity contribution in [2.75, 3.05) is 6.61 Å². The summed E-state index contributed by atoms with van der Waals surface area (Å²) in [4.78, 5) is 0. The molecule has 1 aliphatic heterocycles. The third-order valence-corrected chi connectivity index (χ3v) is 5.44. The highest BCUT2D eigenvalue weighted by Gasteiger charge is 2.43. The molecule has 1 aliphatic carbocycles. The molecule has 2 aliphatic rings. The molecule has 1 saturated heterocycles. The van der Waals surface area contributed by atoms with E-state index in [4.69, 9.17) is 4.74 Å². The van der Waals surface area contributed by atoms with Crippen molar-refractivity contribution in [3.8, 4) is 0 Å². The van der Waals surface area contributed by atoms with Gasteiger partial charge in [0.05, 0.1) is 11.7 Å². The van der Waals surface area contributed by atoms with E-state index in [-0.39, 0.29) is 11.7 Å². The SMILES string of the molecule is CCCCCCCCCC(O)C1CCOC2(CCC2)C1. The average molecular weight is 282 g/mol. The van der Waals surface area contributed by atoms with Gasteiger partial charge in [-0.3, -0.25) is 0 Å². The molecule has 20 heavy (non-hydrogen) atoms. The molecule has 0 bridgehead atoms. The minimum Gasteiger partial charge on any atom is -0.393 e. The third kappa shape index (κ3) is 4.73. The van der Waals surface area contributed by atoms with Crippen molar-refractivity contribution in [3.63, 3.8) is 0 Å². The second-order valence-corrected chi connectivity index (χ2v) is 7.12. The van der Waals surface area contributed by atoms with Gasteiger partial charge in [-0.15, -0.1) is 0 Å². The van der Waals surface area contributed by atoms with Gasteiger partial charge in [0, 0.05) is 6.61 Å². The van der Waals surface area contributed by atoms with Crippen LogP contribution in [0.25, 0.3) is 0 Å². The fourth-order valence-electron chi connectivity index (χ4n) is 3.86. The fourth-order valence-corrected chi connectivity index (χ4v) is 3.86. The van der Waals surface area contributed by atoms with Gasteiger partial charge in [-0.1, -0.05) is 51.9 Å². The molecule has 118 valence electrons. The van der Waals surface area contributed by atoms with E-state index in [2.05, 4.69) is 6.92 Å². The van der Waals surface area contributed by atoms with Gasteiger partial charge in [-0.2, -0.15) is 0 Å². The molecular weight excluding hydrogens is 248 g/mol. The smallest absolute Gasteiger partial charge is 0.0686 e. The number of aliphatic hydroxyl groups excluding tert-OH is 1. The first kappa shape index (κ1) is 16.3. The molecule has 0 aromatic heterocycles. The van der Waals surface area contributed by atoms with Gasteiger partial charge in [0.2, 0.25) is 0 Å². The van der Waals surface area contributed by atoms with E-state index in [9.17, 15) is 5.11 Å². The number of unbranched alkanes of at least 4 members (excludes halogenated alkanes) is 6. The summed E-state index contributed by atoms with van der Waals surface area (Å²) < 4.78 is 5.95. The van der Waals surface area contributed by atoms with Crippen LogP contribution in [0.3, 0.4) is 0 Å². The Hall–Kier alpha value is -0.0800. The highest BCUT2D eigenvalue weighted by atomic mass is 16.5. The molecule has 0 aromatic carbocycles. The molecule has 2 atom stereocenters. The molecular formula is C18H34O2. The van der Waals surface area contributed by atoms with Crippen molar-refractivity contribution in [2.24, 2.45) is 5.92 Å². The maximum absolute atomic E-state index is 10.4. The van der Waals surface area contributed by atoms with Crippen molar-refractivity contribution in [1.82, 2.24) is 0 Å². The van der Waals surface area contributed by atoms with Crippen molar-refractivity contribution in [3.05, 3.63) is 0 Å². The molecule has 0 amide bonds. The number of aliphatic hydroxyl groups is 1. The summed E-state index contributed by atoms with van der Waals surface area (Å²) in [6, 6.07) is 0. The summed E-state index contributed by atoms with van der Waals surface area (Å²) >= 11 is 0. The topological polar surface area (TPSA) is 29.5 Å². The van der Waals surface area contributed by atoms with Gasteiger partial charge < -0.3 is 9.84 Å². The van der Waals surface area contributed by atoms with Gasteiger partial charge >= 0.3 is 0 Å². The molecule has 1 spiro atoms. The van der Waals surface area contributed by atoms with Gasteiger partial charge in [0.15, 0.2) is 0 Å². The maximum Gasteiger partial charge on any atom is 0.0686 e. The van der Waals surface area contributed by atoms with E-state index in [1.165, 1.54) is 64.2 Å². The molecule has 2 unspecified atom stereocenters. The Labute approximate surface area is 125 Å². The lowest BCUT2D eigenvalue weighted by Crippen LogP contribution is -2.47. The second-order valence-electron chi connectivity index (χ2n) is 7.12. The largest absolute Gasteiger partial charge is 0.393 e. The van der Waals surface area contributed by atoms with Crippen LogP contribution in [0.2, 0.25) is 0 Å². The Morgan fingerprint density at radius 2 is 1.80 bits per heavy atom. The fraction of sp³-hybridized carbons (Fsp3) is 1.00. The van der Waals surface area contributed by atoms with E-state index in [1.807, 2.05) is 0 Å². The summed E-state index contributed by atoms with van der Waals surface area (Å²) in [5.74, 6) is 0.504.